The third kappa shape index (κ3) is 4.13. The minimum atomic E-state index is -0.328. The second-order valence-electron chi connectivity index (χ2n) is 3.79. The van der Waals surface area contributed by atoms with Crippen LogP contribution in [0.2, 0.25) is 0 Å². The largest absolute Gasteiger partial charge is 0.396 e. The number of unbranched alkanes of at least 4 members (excludes halogenated alkanes) is 1. The number of rotatable bonds is 6. The van der Waals surface area contributed by atoms with Gasteiger partial charge in [0.25, 0.3) is 5.91 Å². The highest BCUT2D eigenvalue weighted by molar-refractivity contribution is 5.96. The summed E-state index contributed by atoms with van der Waals surface area (Å²) in [4.78, 5) is 22.1. The summed E-state index contributed by atoms with van der Waals surface area (Å²) in [5.41, 5.74) is 11.2. The molecular weight excluding hydrogens is 222 g/mol. The minimum Gasteiger partial charge on any atom is -0.396 e. The lowest BCUT2D eigenvalue weighted by Crippen LogP contribution is -2.26. The molecule has 1 heterocycles. The van der Waals surface area contributed by atoms with Crippen LogP contribution < -0.4 is 16.8 Å². The van der Waals surface area contributed by atoms with Crippen LogP contribution in [0.3, 0.4) is 0 Å². The number of aryl methyl sites for hydroxylation is 1. The molecule has 0 bridgehead atoms. The maximum absolute atomic E-state index is 11.6. The number of hydrogen-bond acceptors (Lipinski definition) is 4. The van der Waals surface area contributed by atoms with Gasteiger partial charge in [-0.1, -0.05) is 0 Å². The molecule has 0 saturated heterocycles. The molecule has 0 spiro atoms. The van der Waals surface area contributed by atoms with Crippen LogP contribution in [0.15, 0.2) is 6.20 Å². The number of hydrogen-bond donors (Lipinski definition) is 3. The fourth-order valence-corrected chi connectivity index (χ4v) is 1.39. The van der Waals surface area contributed by atoms with E-state index in [1.807, 2.05) is 0 Å². The first kappa shape index (κ1) is 13.0. The number of nitrogens with one attached hydrogen (secondary N) is 1. The predicted octanol–water partition coefficient (Wildman–Crippen LogP) is -0.612. The van der Waals surface area contributed by atoms with Crippen molar-refractivity contribution in [2.75, 3.05) is 12.3 Å². The van der Waals surface area contributed by atoms with Crippen LogP contribution in [0.1, 0.15) is 29.8 Å². The molecule has 5 N–H and O–H groups in total. The highest BCUT2D eigenvalue weighted by atomic mass is 16.2. The van der Waals surface area contributed by atoms with Crippen molar-refractivity contribution in [1.29, 1.82) is 0 Å². The number of nitrogens with two attached hydrogens (primary N) is 2. The Morgan fingerprint density at radius 1 is 1.47 bits per heavy atom. The van der Waals surface area contributed by atoms with Gasteiger partial charge in [0, 0.05) is 26.2 Å². The van der Waals surface area contributed by atoms with Crippen LogP contribution in [0.25, 0.3) is 0 Å². The van der Waals surface area contributed by atoms with E-state index in [9.17, 15) is 9.59 Å². The van der Waals surface area contributed by atoms with Crippen LogP contribution in [0.4, 0.5) is 5.69 Å². The van der Waals surface area contributed by atoms with Gasteiger partial charge in [-0.15, -0.1) is 0 Å². The number of nitrogens with zero attached hydrogens (tertiary/aromatic N) is 2. The summed E-state index contributed by atoms with van der Waals surface area (Å²) in [5.74, 6) is -0.632. The Kier molecular flexibility index (Phi) is 4.50. The molecule has 0 aliphatic heterocycles. The van der Waals surface area contributed by atoms with E-state index in [1.54, 1.807) is 13.2 Å². The first-order valence-electron chi connectivity index (χ1n) is 5.36. The Hall–Kier alpha value is -2.05. The second-order valence-corrected chi connectivity index (χ2v) is 3.79. The van der Waals surface area contributed by atoms with Crippen molar-refractivity contribution < 1.29 is 9.59 Å². The standard InChI is InChI=1S/C10H17N5O2/c1-15-6-7(11)9(14-15)10(17)13-5-3-2-4-8(12)16/h6H,2-5,11H2,1H3,(H2,12,16)(H,13,17). The molecule has 0 aromatic carbocycles. The lowest BCUT2D eigenvalue weighted by molar-refractivity contribution is -0.118. The van der Waals surface area contributed by atoms with Crippen LogP contribution in [-0.4, -0.2) is 28.1 Å². The van der Waals surface area contributed by atoms with Gasteiger partial charge in [0.1, 0.15) is 0 Å². The summed E-state index contributed by atoms with van der Waals surface area (Å²) in [7, 11) is 1.69. The average molecular weight is 239 g/mol. The molecule has 1 aromatic rings. The molecule has 94 valence electrons. The van der Waals surface area contributed by atoms with Gasteiger partial charge in [-0.3, -0.25) is 14.3 Å². The molecular formula is C10H17N5O2. The third-order valence-electron chi connectivity index (χ3n) is 2.21. The first-order valence-corrected chi connectivity index (χ1v) is 5.36. The molecule has 1 aromatic heterocycles. The van der Waals surface area contributed by atoms with Crippen LogP contribution in [0.5, 0.6) is 0 Å². The van der Waals surface area contributed by atoms with Crippen molar-refractivity contribution in [1.82, 2.24) is 15.1 Å². The van der Waals surface area contributed by atoms with Crippen LogP contribution >= 0.6 is 0 Å². The molecule has 7 heteroatoms. The molecule has 1 rings (SSSR count). The van der Waals surface area contributed by atoms with Gasteiger partial charge in [0.15, 0.2) is 5.69 Å². The Bertz CT molecular complexity index is 413. The summed E-state index contributed by atoms with van der Waals surface area (Å²) in [6.45, 7) is 0.474. The van der Waals surface area contributed by atoms with Gasteiger partial charge in [-0.2, -0.15) is 5.10 Å². The summed E-state index contributed by atoms with van der Waals surface area (Å²) in [6.07, 6.45) is 3.26. The van der Waals surface area contributed by atoms with Crippen molar-refractivity contribution in [2.45, 2.75) is 19.3 Å². The molecule has 0 radical (unpaired) electrons. The zero-order valence-corrected chi connectivity index (χ0v) is 9.77. The monoisotopic (exact) mass is 239 g/mol. The SMILES string of the molecule is Cn1cc(N)c(C(=O)NCCCCC(N)=O)n1. The minimum absolute atomic E-state index is 0.224. The van der Waals surface area contributed by atoms with Crippen molar-refractivity contribution in [2.24, 2.45) is 12.8 Å². The van der Waals surface area contributed by atoms with E-state index in [0.717, 1.165) is 0 Å². The van der Waals surface area contributed by atoms with Crippen molar-refractivity contribution in [3.8, 4) is 0 Å². The number of carbonyl (C=O) groups excluding carboxylic acids is 2. The Morgan fingerprint density at radius 2 is 2.18 bits per heavy atom. The van der Waals surface area contributed by atoms with Gasteiger partial charge in [0.2, 0.25) is 5.91 Å². The Labute approximate surface area is 99.1 Å². The Balaban J connectivity index is 2.30. The second kappa shape index (κ2) is 5.88. The molecule has 0 fully saturated rings. The highest BCUT2D eigenvalue weighted by Crippen LogP contribution is 2.07. The van der Waals surface area contributed by atoms with E-state index >= 15 is 0 Å². The maximum Gasteiger partial charge on any atom is 0.273 e. The van der Waals surface area contributed by atoms with Crippen molar-refractivity contribution in [3.63, 3.8) is 0 Å². The lowest BCUT2D eigenvalue weighted by Gasteiger charge is -2.02. The topological polar surface area (TPSA) is 116 Å². The number of aromatic nitrogens is 2. The third-order valence-corrected chi connectivity index (χ3v) is 2.21. The fourth-order valence-electron chi connectivity index (χ4n) is 1.39. The van der Waals surface area contributed by atoms with E-state index in [1.165, 1.54) is 4.68 Å². The van der Waals surface area contributed by atoms with Gasteiger partial charge >= 0.3 is 0 Å². The molecule has 2 amide bonds. The van der Waals surface area contributed by atoms with E-state index in [-0.39, 0.29) is 17.5 Å². The quantitative estimate of drug-likeness (QED) is 0.574. The average Bonchev–Trinajstić information content (AvgIpc) is 2.56. The van der Waals surface area contributed by atoms with Gasteiger partial charge < -0.3 is 16.8 Å². The molecule has 17 heavy (non-hydrogen) atoms. The molecule has 0 aliphatic rings. The summed E-state index contributed by atoms with van der Waals surface area (Å²) < 4.78 is 1.48. The molecule has 0 saturated carbocycles. The van der Waals surface area contributed by atoms with E-state index in [2.05, 4.69) is 10.4 Å². The van der Waals surface area contributed by atoms with E-state index < -0.39 is 0 Å². The molecule has 0 unspecified atom stereocenters. The molecule has 0 aliphatic carbocycles. The predicted molar refractivity (Wildman–Crippen MR) is 63.0 cm³/mol. The summed E-state index contributed by atoms with van der Waals surface area (Å²) in [6, 6.07) is 0. The highest BCUT2D eigenvalue weighted by Gasteiger charge is 2.12. The summed E-state index contributed by atoms with van der Waals surface area (Å²) in [5, 5.41) is 6.62. The van der Waals surface area contributed by atoms with Crippen LogP contribution in [0, 0.1) is 0 Å². The molecule has 0 atom stereocenters. The normalized spacial score (nSPS) is 10.2. The van der Waals surface area contributed by atoms with Gasteiger partial charge in [0.05, 0.1) is 5.69 Å². The number of nitrogen functional groups attached to an aromatic ring is 1. The van der Waals surface area contributed by atoms with Gasteiger partial charge in [-0.25, -0.2) is 0 Å². The van der Waals surface area contributed by atoms with Crippen LogP contribution in [-0.2, 0) is 11.8 Å². The van der Waals surface area contributed by atoms with Crippen molar-refractivity contribution >= 4 is 17.5 Å². The number of carbonyl (C=O) groups is 2. The smallest absolute Gasteiger partial charge is 0.273 e. The zero-order valence-electron chi connectivity index (χ0n) is 9.77. The molecule has 7 nitrogen and oxygen atoms in total. The summed E-state index contributed by atoms with van der Waals surface area (Å²) >= 11 is 0. The van der Waals surface area contributed by atoms with Crippen molar-refractivity contribution in [3.05, 3.63) is 11.9 Å². The number of amides is 2. The number of primary amides is 1. The van der Waals surface area contributed by atoms with E-state index in [0.29, 0.717) is 31.5 Å². The first-order chi connectivity index (χ1) is 8.00. The number of anilines is 1. The maximum atomic E-state index is 11.6. The van der Waals surface area contributed by atoms with E-state index in [4.69, 9.17) is 11.5 Å². The Morgan fingerprint density at radius 3 is 2.71 bits per heavy atom. The fraction of sp³-hybridized carbons (Fsp3) is 0.500. The van der Waals surface area contributed by atoms with Gasteiger partial charge in [-0.05, 0) is 12.8 Å². The zero-order chi connectivity index (χ0) is 12.8. The lowest BCUT2D eigenvalue weighted by atomic mass is 10.2.